The molecule has 1 rings (SSSR count). The molecule has 0 atom stereocenters. The van der Waals surface area contributed by atoms with Gasteiger partial charge in [0.1, 0.15) is 12.4 Å². The van der Waals surface area contributed by atoms with Crippen LogP contribution >= 0.6 is 0 Å². The standard InChI is InChI=1S/C5H8N4O.2C2H6/c1-4-7-8-5(3-6-10)9(4)2;2*1-2/h3H2,1-2H3;2*1-2H3. The number of aromatic nitrogens is 3. The monoisotopic (exact) mass is 200 g/mol. The van der Waals surface area contributed by atoms with Crippen molar-refractivity contribution in [3.63, 3.8) is 0 Å². The molecular formula is C9H20N4O. The second-order valence-electron chi connectivity index (χ2n) is 2.01. The number of hydrogen-bond acceptors (Lipinski definition) is 4. The maximum Gasteiger partial charge on any atom is 0.158 e. The molecule has 5 heteroatoms. The molecule has 1 heterocycles. The minimum absolute atomic E-state index is 0.0946. The van der Waals surface area contributed by atoms with Gasteiger partial charge in [0.25, 0.3) is 0 Å². The summed E-state index contributed by atoms with van der Waals surface area (Å²) < 4.78 is 1.74. The highest BCUT2D eigenvalue weighted by Gasteiger charge is 2.02. The van der Waals surface area contributed by atoms with E-state index in [0.717, 1.165) is 5.82 Å². The number of hydrogen-bond donors (Lipinski definition) is 0. The van der Waals surface area contributed by atoms with Gasteiger partial charge in [-0.25, -0.2) is 0 Å². The fraction of sp³-hybridized carbons (Fsp3) is 0.778. The van der Waals surface area contributed by atoms with E-state index in [9.17, 15) is 4.91 Å². The summed E-state index contributed by atoms with van der Waals surface area (Å²) in [7, 11) is 1.80. The van der Waals surface area contributed by atoms with Crippen LogP contribution in [0.4, 0.5) is 0 Å². The van der Waals surface area contributed by atoms with Crippen molar-refractivity contribution in [2.75, 3.05) is 0 Å². The third-order valence-corrected chi connectivity index (χ3v) is 1.39. The SMILES string of the molecule is CC.CC.Cc1nnc(CN=O)n1C. The first-order chi connectivity index (χ1) is 6.75. The molecule has 0 saturated heterocycles. The van der Waals surface area contributed by atoms with E-state index in [2.05, 4.69) is 15.4 Å². The maximum atomic E-state index is 9.80. The van der Waals surface area contributed by atoms with Gasteiger partial charge in [0.05, 0.1) is 0 Å². The largest absolute Gasteiger partial charge is 0.317 e. The van der Waals surface area contributed by atoms with Crippen LogP contribution in [0.2, 0.25) is 0 Å². The first-order valence-electron chi connectivity index (χ1n) is 4.89. The zero-order valence-corrected chi connectivity index (χ0v) is 9.90. The van der Waals surface area contributed by atoms with E-state index in [-0.39, 0.29) is 6.54 Å². The summed E-state index contributed by atoms with van der Waals surface area (Å²) in [6.07, 6.45) is 0. The molecule has 1 aromatic rings. The van der Waals surface area contributed by atoms with Gasteiger partial charge < -0.3 is 4.57 Å². The van der Waals surface area contributed by atoms with Crippen molar-refractivity contribution in [2.24, 2.45) is 12.2 Å². The van der Waals surface area contributed by atoms with Crippen molar-refractivity contribution in [2.45, 2.75) is 41.2 Å². The van der Waals surface area contributed by atoms with Crippen LogP contribution in [0.5, 0.6) is 0 Å². The van der Waals surface area contributed by atoms with Crippen LogP contribution in [0.15, 0.2) is 5.18 Å². The van der Waals surface area contributed by atoms with E-state index < -0.39 is 0 Å². The lowest BCUT2D eigenvalue weighted by Crippen LogP contribution is -1.97. The second kappa shape index (κ2) is 9.83. The predicted octanol–water partition coefficient (Wildman–Crippen LogP) is 2.44. The van der Waals surface area contributed by atoms with E-state index in [1.807, 2.05) is 34.6 Å². The van der Waals surface area contributed by atoms with Gasteiger partial charge in [-0.3, -0.25) is 0 Å². The Morgan fingerprint density at radius 2 is 1.71 bits per heavy atom. The van der Waals surface area contributed by atoms with Gasteiger partial charge in [-0.2, -0.15) is 4.91 Å². The first-order valence-corrected chi connectivity index (χ1v) is 4.89. The van der Waals surface area contributed by atoms with Gasteiger partial charge in [0, 0.05) is 7.05 Å². The highest BCUT2D eigenvalue weighted by atomic mass is 16.3. The first kappa shape index (κ1) is 15.2. The summed E-state index contributed by atoms with van der Waals surface area (Å²) in [5, 5.41) is 10.2. The third-order valence-electron chi connectivity index (χ3n) is 1.39. The molecule has 0 aromatic carbocycles. The highest BCUT2D eigenvalue weighted by Crippen LogP contribution is 1.97. The molecule has 0 radical (unpaired) electrons. The van der Waals surface area contributed by atoms with Gasteiger partial charge in [-0.05, 0) is 6.92 Å². The Hall–Kier alpha value is -1.26. The fourth-order valence-electron chi connectivity index (χ4n) is 0.646. The van der Waals surface area contributed by atoms with Gasteiger partial charge in [0.2, 0.25) is 0 Å². The molecule has 0 bridgehead atoms. The summed E-state index contributed by atoms with van der Waals surface area (Å²) in [5.41, 5.74) is 0. The molecule has 5 nitrogen and oxygen atoms in total. The second-order valence-corrected chi connectivity index (χ2v) is 2.01. The lowest BCUT2D eigenvalue weighted by molar-refractivity contribution is 0.772. The summed E-state index contributed by atoms with van der Waals surface area (Å²) >= 11 is 0. The molecule has 0 saturated carbocycles. The molecule has 1 aromatic heterocycles. The van der Waals surface area contributed by atoms with E-state index >= 15 is 0 Å². The zero-order valence-electron chi connectivity index (χ0n) is 9.90. The Labute approximate surface area is 85.5 Å². The van der Waals surface area contributed by atoms with E-state index in [0.29, 0.717) is 5.82 Å². The molecule has 82 valence electrons. The zero-order chi connectivity index (χ0) is 11.6. The van der Waals surface area contributed by atoms with Crippen molar-refractivity contribution in [3.05, 3.63) is 16.6 Å². The molecule has 0 aliphatic rings. The fourth-order valence-corrected chi connectivity index (χ4v) is 0.646. The Morgan fingerprint density at radius 3 is 2.00 bits per heavy atom. The molecule has 0 amide bonds. The smallest absolute Gasteiger partial charge is 0.158 e. The molecule has 0 spiro atoms. The van der Waals surface area contributed by atoms with Crippen LogP contribution < -0.4 is 0 Å². The average molecular weight is 200 g/mol. The number of nitrogens with zero attached hydrogens (tertiary/aromatic N) is 4. The molecule has 0 fully saturated rings. The molecule has 0 unspecified atom stereocenters. The predicted molar refractivity (Wildman–Crippen MR) is 57.9 cm³/mol. The third kappa shape index (κ3) is 4.69. The van der Waals surface area contributed by atoms with Crippen molar-refractivity contribution in [1.29, 1.82) is 0 Å². The van der Waals surface area contributed by atoms with Gasteiger partial charge in [-0.1, -0.05) is 32.9 Å². The van der Waals surface area contributed by atoms with Gasteiger partial charge in [-0.15, -0.1) is 10.2 Å². The number of aryl methyl sites for hydroxylation is 1. The minimum atomic E-state index is 0.0946. The van der Waals surface area contributed by atoms with Crippen molar-refractivity contribution in [1.82, 2.24) is 14.8 Å². The van der Waals surface area contributed by atoms with Crippen LogP contribution in [0.3, 0.4) is 0 Å². The quantitative estimate of drug-likeness (QED) is 0.689. The molecule has 0 N–H and O–H groups in total. The summed E-state index contributed by atoms with van der Waals surface area (Å²) in [6, 6.07) is 0. The normalized spacial score (nSPS) is 7.86. The topological polar surface area (TPSA) is 60.1 Å². The van der Waals surface area contributed by atoms with Crippen molar-refractivity contribution < 1.29 is 0 Å². The minimum Gasteiger partial charge on any atom is -0.317 e. The molecule has 14 heavy (non-hydrogen) atoms. The summed E-state index contributed by atoms with van der Waals surface area (Å²) in [5.74, 6) is 1.39. The average Bonchev–Trinajstić information content (AvgIpc) is 2.56. The number of rotatable bonds is 2. The van der Waals surface area contributed by atoms with Gasteiger partial charge >= 0.3 is 0 Å². The number of nitroso groups, excluding NO2 is 1. The van der Waals surface area contributed by atoms with Crippen LogP contribution in [-0.4, -0.2) is 14.8 Å². The van der Waals surface area contributed by atoms with Crippen molar-refractivity contribution in [3.8, 4) is 0 Å². The van der Waals surface area contributed by atoms with E-state index in [1.165, 1.54) is 0 Å². The molecule has 0 aliphatic heterocycles. The Morgan fingerprint density at radius 1 is 1.21 bits per heavy atom. The van der Waals surface area contributed by atoms with Crippen LogP contribution in [0.25, 0.3) is 0 Å². The lowest BCUT2D eigenvalue weighted by atomic mass is 10.6. The Balaban J connectivity index is 0. The molecule has 0 aliphatic carbocycles. The summed E-state index contributed by atoms with van der Waals surface area (Å²) in [4.78, 5) is 9.80. The van der Waals surface area contributed by atoms with Crippen LogP contribution in [-0.2, 0) is 13.6 Å². The van der Waals surface area contributed by atoms with Crippen LogP contribution in [0, 0.1) is 11.8 Å². The highest BCUT2D eigenvalue weighted by molar-refractivity contribution is 4.91. The summed E-state index contributed by atoms with van der Waals surface area (Å²) in [6.45, 7) is 9.92. The van der Waals surface area contributed by atoms with Crippen molar-refractivity contribution >= 4 is 0 Å². The Kier molecular flexibility index (Phi) is 10.7. The molecular weight excluding hydrogens is 180 g/mol. The van der Waals surface area contributed by atoms with Crippen LogP contribution in [0.1, 0.15) is 39.3 Å². The van der Waals surface area contributed by atoms with E-state index in [1.54, 1.807) is 11.6 Å². The van der Waals surface area contributed by atoms with E-state index in [4.69, 9.17) is 0 Å². The maximum absolute atomic E-state index is 9.80. The Bertz CT molecular complexity index is 245. The van der Waals surface area contributed by atoms with Gasteiger partial charge in [0.15, 0.2) is 5.82 Å². The lowest BCUT2D eigenvalue weighted by Gasteiger charge is -1.93.